The minimum atomic E-state index is 0.420. The van der Waals surface area contributed by atoms with Gasteiger partial charge in [0, 0.05) is 21.6 Å². The van der Waals surface area contributed by atoms with E-state index in [-0.39, 0.29) is 0 Å². The van der Waals surface area contributed by atoms with E-state index in [9.17, 15) is 0 Å². The van der Waals surface area contributed by atoms with Crippen molar-refractivity contribution in [2.45, 2.75) is 13.5 Å². The van der Waals surface area contributed by atoms with Gasteiger partial charge in [-0.15, -0.1) is 0 Å². The third-order valence-corrected chi connectivity index (χ3v) is 3.80. The molecule has 2 rings (SSSR count). The molecule has 94 valence electrons. The number of benzene rings is 2. The Morgan fingerprint density at radius 2 is 2.06 bits per heavy atom. The quantitative estimate of drug-likeness (QED) is 0.890. The molecule has 0 aliphatic carbocycles. The zero-order valence-corrected chi connectivity index (χ0v) is 12.3. The average Bonchev–Trinajstić information content (AvgIpc) is 2.34. The van der Waals surface area contributed by atoms with Crippen molar-refractivity contribution in [1.29, 1.82) is 0 Å². The van der Waals surface area contributed by atoms with E-state index in [0.29, 0.717) is 6.54 Å². The van der Waals surface area contributed by atoms with Crippen LogP contribution in [0.5, 0.6) is 11.5 Å². The predicted molar refractivity (Wildman–Crippen MR) is 78.3 cm³/mol. The highest BCUT2D eigenvalue weighted by molar-refractivity contribution is 9.10. The van der Waals surface area contributed by atoms with Gasteiger partial charge in [0.05, 0.1) is 0 Å². The third kappa shape index (κ3) is 2.86. The molecule has 4 heteroatoms. The molecule has 2 aromatic rings. The van der Waals surface area contributed by atoms with Crippen LogP contribution in [0, 0.1) is 6.92 Å². The van der Waals surface area contributed by atoms with Gasteiger partial charge in [-0.05, 0) is 42.8 Å². The van der Waals surface area contributed by atoms with Crippen LogP contribution in [-0.4, -0.2) is 0 Å². The van der Waals surface area contributed by atoms with Crippen LogP contribution in [0.3, 0.4) is 0 Å². The van der Waals surface area contributed by atoms with Crippen LogP contribution in [0.1, 0.15) is 11.1 Å². The van der Waals surface area contributed by atoms with Crippen LogP contribution in [0.15, 0.2) is 40.9 Å². The second kappa shape index (κ2) is 5.74. The standard InChI is InChI=1S/C14H13BrClNO/c1-9-7-10(5-6-13(9)16)18-14-4-2-3-12(15)11(14)8-17/h2-7H,8,17H2,1H3. The van der Waals surface area contributed by atoms with Gasteiger partial charge < -0.3 is 10.5 Å². The molecular formula is C14H13BrClNO. The molecule has 0 heterocycles. The van der Waals surface area contributed by atoms with E-state index >= 15 is 0 Å². The molecule has 0 radical (unpaired) electrons. The van der Waals surface area contributed by atoms with Crippen molar-refractivity contribution in [2.75, 3.05) is 0 Å². The Labute approximate surface area is 120 Å². The fourth-order valence-electron chi connectivity index (χ4n) is 1.64. The fourth-order valence-corrected chi connectivity index (χ4v) is 2.27. The topological polar surface area (TPSA) is 35.2 Å². The van der Waals surface area contributed by atoms with Crippen molar-refractivity contribution in [1.82, 2.24) is 0 Å². The fraction of sp³-hybridized carbons (Fsp3) is 0.143. The summed E-state index contributed by atoms with van der Waals surface area (Å²) in [5.41, 5.74) is 7.66. The first-order chi connectivity index (χ1) is 8.61. The Bertz CT molecular complexity index is 572. The molecular weight excluding hydrogens is 314 g/mol. The van der Waals surface area contributed by atoms with Gasteiger partial charge in [-0.1, -0.05) is 33.6 Å². The highest BCUT2D eigenvalue weighted by atomic mass is 79.9. The van der Waals surface area contributed by atoms with Crippen molar-refractivity contribution >= 4 is 27.5 Å². The molecule has 0 atom stereocenters. The predicted octanol–water partition coefficient (Wildman–Crippen LogP) is 4.66. The van der Waals surface area contributed by atoms with E-state index in [1.54, 1.807) is 0 Å². The maximum atomic E-state index is 5.98. The van der Waals surface area contributed by atoms with E-state index < -0.39 is 0 Å². The molecule has 0 aromatic heterocycles. The number of nitrogens with two attached hydrogens (primary N) is 1. The van der Waals surface area contributed by atoms with E-state index in [4.69, 9.17) is 22.1 Å². The lowest BCUT2D eigenvalue weighted by molar-refractivity contribution is 0.475. The number of hydrogen-bond acceptors (Lipinski definition) is 2. The lowest BCUT2D eigenvalue weighted by Gasteiger charge is -2.12. The first-order valence-electron chi connectivity index (χ1n) is 5.53. The summed E-state index contributed by atoms with van der Waals surface area (Å²) in [5.74, 6) is 1.51. The van der Waals surface area contributed by atoms with Gasteiger partial charge in [0.15, 0.2) is 0 Å². The van der Waals surface area contributed by atoms with Gasteiger partial charge in [-0.25, -0.2) is 0 Å². The Balaban J connectivity index is 2.34. The van der Waals surface area contributed by atoms with Gasteiger partial charge in [0.1, 0.15) is 11.5 Å². The van der Waals surface area contributed by atoms with Crippen LogP contribution in [0.2, 0.25) is 5.02 Å². The molecule has 0 unspecified atom stereocenters. The van der Waals surface area contributed by atoms with Gasteiger partial charge in [0.25, 0.3) is 0 Å². The van der Waals surface area contributed by atoms with Crippen molar-refractivity contribution in [3.8, 4) is 11.5 Å². The summed E-state index contributed by atoms with van der Waals surface area (Å²) in [6.07, 6.45) is 0. The third-order valence-electron chi connectivity index (χ3n) is 2.64. The van der Waals surface area contributed by atoms with Crippen molar-refractivity contribution in [3.63, 3.8) is 0 Å². The highest BCUT2D eigenvalue weighted by Gasteiger charge is 2.07. The van der Waals surface area contributed by atoms with Crippen LogP contribution in [0.4, 0.5) is 0 Å². The van der Waals surface area contributed by atoms with Crippen molar-refractivity contribution in [3.05, 3.63) is 57.0 Å². The SMILES string of the molecule is Cc1cc(Oc2cccc(Br)c2CN)ccc1Cl. The summed E-state index contributed by atoms with van der Waals surface area (Å²) in [7, 11) is 0. The average molecular weight is 327 g/mol. The lowest BCUT2D eigenvalue weighted by atomic mass is 10.2. The van der Waals surface area contributed by atoms with Gasteiger partial charge in [0.2, 0.25) is 0 Å². The smallest absolute Gasteiger partial charge is 0.133 e. The Morgan fingerprint density at radius 3 is 2.72 bits per heavy atom. The van der Waals surface area contributed by atoms with E-state index in [1.165, 1.54) is 0 Å². The minimum Gasteiger partial charge on any atom is -0.457 e. The Kier molecular flexibility index (Phi) is 4.27. The normalized spacial score (nSPS) is 10.4. The molecule has 0 aliphatic heterocycles. The molecule has 0 bridgehead atoms. The molecule has 0 aliphatic rings. The van der Waals surface area contributed by atoms with E-state index in [2.05, 4.69) is 15.9 Å². The van der Waals surface area contributed by atoms with Crippen LogP contribution >= 0.6 is 27.5 Å². The number of ether oxygens (including phenoxy) is 1. The second-order valence-corrected chi connectivity index (χ2v) is 5.20. The molecule has 2 N–H and O–H groups in total. The van der Waals surface area contributed by atoms with Crippen molar-refractivity contribution in [2.24, 2.45) is 5.73 Å². The molecule has 2 nitrogen and oxygen atoms in total. The lowest BCUT2D eigenvalue weighted by Crippen LogP contribution is -2.00. The van der Waals surface area contributed by atoms with Gasteiger partial charge >= 0.3 is 0 Å². The minimum absolute atomic E-state index is 0.420. The summed E-state index contributed by atoms with van der Waals surface area (Å²) in [5, 5.41) is 0.732. The molecule has 0 amide bonds. The Hall–Kier alpha value is -1.03. The molecule has 2 aromatic carbocycles. The Morgan fingerprint density at radius 1 is 1.28 bits per heavy atom. The first-order valence-corrected chi connectivity index (χ1v) is 6.70. The zero-order chi connectivity index (χ0) is 13.1. The monoisotopic (exact) mass is 325 g/mol. The van der Waals surface area contributed by atoms with Crippen LogP contribution in [0.25, 0.3) is 0 Å². The summed E-state index contributed by atoms with van der Waals surface area (Å²) < 4.78 is 6.80. The van der Waals surface area contributed by atoms with Crippen molar-refractivity contribution < 1.29 is 4.74 Å². The molecule has 0 spiro atoms. The maximum absolute atomic E-state index is 5.98. The van der Waals surface area contributed by atoms with Crippen LogP contribution < -0.4 is 10.5 Å². The molecule has 18 heavy (non-hydrogen) atoms. The van der Waals surface area contributed by atoms with Gasteiger partial charge in [-0.3, -0.25) is 0 Å². The highest BCUT2D eigenvalue weighted by Crippen LogP contribution is 2.31. The summed E-state index contributed by atoms with van der Waals surface area (Å²) in [4.78, 5) is 0. The zero-order valence-electron chi connectivity index (χ0n) is 9.91. The van der Waals surface area contributed by atoms with E-state index in [0.717, 1.165) is 32.1 Å². The largest absolute Gasteiger partial charge is 0.457 e. The number of aryl methyl sites for hydroxylation is 1. The summed E-state index contributed by atoms with van der Waals surface area (Å²) in [6, 6.07) is 11.3. The summed E-state index contributed by atoms with van der Waals surface area (Å²) >= 11 is 9.45. The number of rotatable bonds is 3. The first kappa shape index (κ1) is 13.4. The molecule has 0 saturated carbocycles. The van der Waals surface area contributed by atoms with Crippen LogP contribution in [-0.2, 0) is 6.54 Å². The second-order valence-electron chi connectivity index (χ2n) is 3.93. The van der Waals surface area contributed by atoms with Gasteiger partial charge in [-0.2, -0.15) is 0 Å². The molecule has 0 saturated heterocycles. The molecule has 0 fully saturated rings. The van der Waals surface area contributed by atoms with E-state index in [1.807, 2.05) is 43.3 Å². The maximum Gasteiger partial charge on any atom is 0.133 e. The number of hydrogen-bond donors (Lipinski definition) is 1. The number of halogens is 2. The summed E-state index contributed by atoms with van der Waals surface area (Å²) in [6.45, 7) is 2.36.